The van der Waals surface area contributed by atoms with E-state index in [-0.39, 0.29) is 12.1 Å². The summed E-state index contributed by atoms with van der Waals surface area (Å²) in [6.07, 6.45) is 18.7. The third-order valence-corrected chi connectivity index (χ3v) is 11.1. The van der Waals surface area contributed by atoms with E-state index in [1.54, 1.807) is 0 Å². The van der Waals surface area contributed by atoms with E-state index in [2.05, 4.69) is 162 Å². The predicted molar refractivity (Wildman–Crippen MR) is 205 cm³/mol. The number of nitrogens with zero attached hydrogens (tertiary/aromatic N) is 3. The predicted octanol–water partition coefficient (Wildman–Crippen LogP) is 10.7. The van der Waals surface area contributed by atoms with Gasteiger partial charge in [-0.3, -0.25) is 9.98 Å². The lowest BCUT2D eigenvalue weighted by atomic mass is 9.64. The van der Waals surface area contributed by atoms with Gasteiger partial charge in [0.25, 0.3) is 0 Å². The molecule has 0 radical (unpaired) electrons. The van der Waals surface area contributed by atoms with E-state index in [0.717, 1.165) is 6.42 Å². The van der Waals surface area contributed by atoms with Crippen LogP contribution in [0.25, 0.3) is 49.7 Å². The van der Waals surface area contributed by atoms with E-state index in [0.29, 0.717) is 17.8 Å². The van der Waals surface area contributed by atoms with Gasteiger partial charge in [0.2, 0.25) is 0 Å². The van der Waals surface area contributed by atoms with Crippen molar-refractivity contribution in [3.8, 4) is 27.9 Å². The Morgan fingerprint density at radius 3 is 1.96 bits per heavy atom. The van der Waals surface area contributed by atoms with Crippen LogP contribution in [0.3, 0.4) is 0 Å². The third kappa shape index (κ3) is 4.64. The lowest BCUT2D eigenvalue weighted by molar-refractivity contribution is 0.358. The molecule has 1 aromatic heterocycles. The van der Waals surface area contributed by atoms with Crippen LogP contribution >= 0.6 is 0 Å². The zero-order valence-electron chi connectivity index (χ0n) is 27.1. The van der Waals surface area contributed by atoms with Crippen molar-refractivity contribution in [2.45, 2.75) is 24.4 Å². The minimum atomic E-state index is 0.133. The molecule has 0 bridgehead atoms. The SMILES string of the molecule is C1=CC2C3=C(C=CC(c4ccc(-c5cccc(-c6ccc(-n7c8ccccc8c8ccccc87)cc6)c5)cc4)C3)C3N=CC=NC3C2C=C1. The number of hydrogen-bond acceptors (Lipinski definition) is 2. The topological polar surface area (TPSA) is 29.6 Å². The Hall–Kier alpha value is -5.80. The maximum absolute atomic E-state index is 4.89. The molecule has 3 heteroatoms. The summed E-state index contributed by atoms with van der Waals surface area (Å²) in [6.45, 7) is 0. The quantitative estimate of drug-likeness (QED) is 0.186. The number of rotatable bonds is 4. The molecule has 0 saturated heterocycles. The van der Waals surface area contributed by atoms with Crippen LogP contribution < -0.4 is 0 Å². The van der Waals surface area contributed by atoms with Crippen LogP contribution in [0, 0.1) is 11.8 Å². The van der Waals surface area contributed by atoms with Gasteiger partial charge in [0.1, 0.15) is 0 Å². The van der Waals surface area contributed by atoms with Crippen LogP contribution in [-0.4, -0.2) is 29.1 Å². The van der Waals surface area contributed by atoms with Gasteiger partial charge in [-0.1, -0.05) is 133 Å². The molecule has 0 N–H and O–H groups in total. The van der Waals surface area contributed by atoms with Crippen molar-refractivity contribution in [2.24, 2.45) is 21.8 Å². The van der Waals surface area contributed by atoms with Crippen molar-refractivity contribution >= 4 is 34.2 Å². The first-order valence-electron chi connectivity index (χ1n) is 17.4. The van der Waals surface area contributed by atoms with Gasteiger partial charge >= 0.3 is 0 Å². The third-order valence-electron chi connectivity index (χ3n) is 11.1. The first-order valence-corrected chi connectivity index (χ1v) is 17.4. The van der Waals surface area contributed by atoms with Crippen molar-refractivity contribution in [2.75, 3.05) is 0 Å². The Kier molecular flexibility index (Phi) is 6.58. The molecule has 0 spiro atoms. The average molecular weight is 630 g/mol. The first-order chi connectivity index (χ1) is 24.3. The Morgan fingerprint density at radius 1 is 0.571 bits per heavy atom. The van der Waals surface area contributed by atoms with Crippen molar-refractivity contribution in [3.05, 3.63) is 174 Å². The van der Waals surface area contributed by atoms with Crippen LogP contribution in [0.1, 0.15) is 17.9 Å². The highest BCUT2D eigenvalue weighted by molar-refractivity contribution is 6.16. The molecule has 1 aliphatic heterocycles. The fraction of sp³-hybridized carbons (Fsp3) is 0.130. The molecule has 4 aliphatic rings. The van der Waals surface area contributed by atoms with E-state index >= 15 is 0 Å². The fourth-order valence-electron chi connectivity index (χ4n) is 8.71. The molecule has 0 amide bonds. The lowest BCUT2D eigenvalue weighted by Gasteiger charge is -2.43. The Morgan fingerprint density at radius 2 is 1.22 bits per heavy atom. The van der Waals surface area contributed by atoms with E-state index in [1.165, 1.54) is 66.5 Å². The standard InChI is InChI=1S/C46H35N3/c1-2-13-40-37(10-1)42-29-35(22-25-41(42)46-45(40)47-26-27-48-46)31-18-16-30(17-19-31)33-8-7-9-34(28-33)32-20-23-36(24-21-32)49-43-14-5-3-11-38(43)39-12-4-6-15-44(39)49/h1-28,35,37,40,45-46H,29H2. The smallest absolute Gasteiger partial charge is 0.0978 e. The Labute approximate surface area is 286 Å². The largest absolute Gasteiger partial charge is 0.309 e. The zero-order valence-corrected chi connectivity index (χ0v) is 27.1. The van der Waals surface area contributed by atoms with Crippen LogP contribution in [0.15, 0.2) is 179 Å². The lowest BCUT2D eigenvalue weighted by Crippen LogP contribution is -2.43. The molecule has 49 heavy (non-hydrogen) atoms. The van der Waals surface area contributed by atoms with Crippen LogP contribution in [0.5, 0.6) is 0 Å². The number of fused-ring (bicyclic) bond motifs is 8. The molecule has 5 unspecified atom stereocenters. The van der Waals surface area contributed by atoms with Gasteiger partial charge in [0, 0.05) is 46.6 Å². The highest BCUT2D eigenvalue weighted by Gasteiger charge is 2.43. The van der Waals surface area contributed by atoms with E-state index in [9.17, 15) is 0 Å². The van der Waals surface area contributed by atoms with Gasteiger partial charge in [-0.05, 0) is 70.1 Å². The number of aliphatic imine (C=N–C) groups is 2. The summed E-state index contributed by atoms with van der Waals surface area (Å²) in [5.74, 6) is 1.14. The maximum atomic E-state index is 4.89. The fourth-order valence-corrected chi connectivity index (χ4v) is 8.71. The Balaban J connectivity index is 0.909. The maximum Gasteiger partial charge on any atom is 0.0978 e. The molecular weight excluding hydrogens is 595 g/mol. The van der Waals surface area contributed by atoms with Gasteiger partial charge in [0.15, 0.2) is 0 Å². The second-order valence-corrected chi connectivity index (χ2v) is 13.7. The number of aromatic nitrogens is 1. The molecule has 3 aliphatic carbocycles. The van der Waals surface area contributed by atoms with Gasteiger partial charge in [-0.15, -0.1) is 0 Å². The number of hydrogen-bond donors (Lipinski definition) is 0. The van der Waals surface area contributed by atoms with E-state index in [4.69, 9.17) is 9.98 Å². The summed E-state index contributed by atoms with van der Waals surface area (Å²) in [6, 6.07) is 44.8. The van der Waals surface area contributed by atoms with E-state index in [1.807, 2.05) is 12.4 Å². The minimum absolute atomic E-state index is 0.133. The molecule has 6 aromatic rings. The molecule has 0 saturated carbocycles. The van der Waals surface area contributed by atoms with Gasteiger partial charge in [0.05, 0.1) is 23.1 Å². The summed E-state index contributed by atoms with van der Waals surface area (Å²) >= 11 is 0. The summed E-state index contributed by atoms with van der Waals surface area (Å²) in [4.78, 5) is 9.77. The highest BCUT2D eigenvalue weighted by Crippen LogP contribution is 2.48. The van der Waals surface area contributed by atoms with Crippen molar-refractivity contribution in [1.82, 2.24) is 4.57 Å². The highest BCUT2D eigenvalue weighted by atomic mass is 15.0. The second-order valence-electron chi connectivity index (χ2n) is 13.7. The normalized spacial score (nSPS) is 23.6. The van der Waals surface area contributed by atoms with Gasteiger partial charge in [-0.2, -0.15) is 0 Å². The van der Waals surface area contributed by atoms with Crippen LogP contribution in [-0.2, 0) is 0 Å². The van der Waals surface area contributed by atoms with Crippen LogP contribution in [0.4, 0.5) is 0 Å². The first kappa shape index (κ1) is 28.2. The second kappa shape index (κ2) is 11.4. The summed E-state index contributed by atoms with van der Waals surface area (Å²) in [5.41, 5.74) is 12.8. The zero-order chi connectivity index (χ0) is 32.3. The monoisotopic (exact) mass is 629 g/mol. The molecule has 0 fully saturated rings. The van der Waals surface area contributed by atoms with Gasteiger partial charge < -0.3 is 4.57 Å². The summed E-state index contributed by atoms with van der Waals surface area (Å²) in [5, 5.41) is 2.57. The molecule has 5 atom stereocenters. The summed E-state index contributed by atoms with van der Waals surface area (Å²) in [7, 11) is 0. The summed E-state index contributed by atoms with van der Waals surface area (Å²) < 4.78 is 2.37. The van der Waals surface area contributed by atoms with Crippen LogP contribution in [0.2, 0.25) is 0 Å². The van der Waals surface area contributed by atoms with Crippen molar-refractivity contribution in [1.29, 1.82) is 0 Å². The average Bonchev–Trinajstić information content (AvgIpc) is 3.52. The molecule has 2 heterocycles. The minimum Gasteiger partial charge on any atom is -0.309 e. The number of para-hydroxylation sites is 2. The number of allylic oxidation sites excluding steroid dienone is 5. The van der Waals surface area contributed by atoms with Crippen molar-refractivity contribution < 1.29 is 0 Å². The molecular formula is C46H35N3. The number of benzene rings is 5. The van der Waals surface area contributed by atoms with E-state index < -0.39 is 0 Å². The molecule has 234 valence electrons. The van der Waals surface area contributed by atoms with Gasteiger partial charge in [-0.25, -0.2) is 0 Å². The Bertz CT molecular complexity index is 2380. The molecule has 10 rings (SSSR count). The molecule has 3 nitrogen and oxygen atoms in total. The van der Waals surface area contributed by atoms with Crippen molar-refractivity contribution in [3.63, 3.8) is 0 Å². The molecule has 5 aromatic carbocycles.